The Kier molecular flexibility index (Phi) is 4.55. The molecule has 1 aromatic rings. The van der Waals surface area contributed by atoms with E-state index in [4.69, 9.17) is 5.73 Å². The third-order valence-corrected chi connectivity index (χ3v) is 3.17. The van der Waals surface area contributed by atoms with Gasteiger partial charge in [-0.05, 0) is 17.7 Å². The lowest BCUT2D eigenvalue weighted by atomic mass is 10.1. The summed E-state index contributed by atoms with van der Waals surface area (Å²) in [4.78, 5) is -0.0929. The summed E-state index contributed by atoms with van der Waals surface area (Å²) in [6, 6.07) is 2.60. The van der Waals surface area contributed by atoms with Crippen LogP contribution < -0.4 is 5.73 Å². The fraction of sp³-hybridized carbons (Fsp3) is 0.400. The molecule has 0 bridgehead atoms. The second-order valence-corrected chi connectivity index (χ2v) is 4.45. The molecule has 0 spiro atoms. The number of alkyl halides is 6. The lowest BCUT2D eigenvalue weighted by Gasteiger charge is -2.13. The first-order valence-corrected chi connectivity index (χ1v) is 5.72. The predicted octanol–water partition coefficient (Wildman–Crippen LogP) is 3.82. The third kappa shape index (κ3) is 4.41. The molecule has 0 atom stereocenters. The Morgan fingerprint density at radius 1 is 1.06 bits per heavy atom. The van der Waals surface area contributed by atoms with Gasteiger partial charge in [-0.3, -0.25) is 0 Å². The first kappa shape index (κ1) is 15.2. The maximum atomic E-state index is 12.4. The fourth-order valence-electron chi connectivity index (χ4n) is 1.19. The summed E-state index contributed by atoms with van der Waals surface area (Å²) < 4.78 is 73.4. The molecule has 0 amide bonds. The van der Waals surface area contributed by atoms with Crippen LogP contribution in [0.15, 0.2) is 23.1 Å². The van der Waals surface area contributed by atoms with Crippen molar-refractivity contribution in [1.29, 1.82) is 0 Å². The van der Waals surface area contributed by atoms with Crippen LogP contribution in [0.25, 0.3) is 0 Å². The van der Waals surface area contributed by atoms with Gasteiger partial charge in [0.25, 0.3) is 0 Å². The molecule has 102 valence electrons. The normalized spacial score (nSPS) is 12.8. The molecule has 0 saturated carbocycles. The topological polar surface area (TPSA) is 26.0 Å². The predicted molar refractivity (Wildman–Crippen MR) is 56.1 cm³/mol. The number of halogens is 6. The molecule has 0 aromatic heterocycles. The van der Waals surface area contributed by atoms with Crippen molar-refractivity contribution in [3.8, 4) is 0 Å². The van der Waals surface area contributed by atoms with Crippen LogP contribution in [-0.4, -0.2) is 11.9 Å². The molecule has 2 N–H and O–H groups in total. The van der Waals surface area contributed by atoms with E-state index < -0.39 is 23.7 Å². The average molecular weight is 289 g/mol. The largest absolute Gasteiger partial charge is 0.416 e. The van der Waals surface area contributed by atoms with E-state index in [9.17, 15) is 26.3 Å². The molecule has 0 fully saturated rings. The molecule has 0 aliphatic rings. The first-order valence-electron chi connectivity index (χ1n) is 4.73. The van der Waals surface area contributed by atoms with Gasteiger partial charge in [-0.1, -0.05) is 6.07 Å². The minimum absolute atomic E-state index is 0.0929. The van der Waals surface area contributed by atoms with E-state index in [0.29, 0.717) is 17.8 Å². The molecule has 18 heavy (non-hydrogen) atoms. The van der Waals surface area contributed by atoms with Gasteiger partial charge in [-0.2, -0.15) is 26.3 Å². The highest BCUT2D eigenvalue weighted by atomic mass is 32.2. The summed E-state index contributed by atoms with van der Waals surface area (Å²) in [5.74, 6) is -1.25. The van der Waals surface area contributed by atoms with Crippen molar-refractivity contribution in [2.45, 2.75) is 23.8 Å². The highest BCUT2D eigenvalue weighted by Gasteiger charge is 2.32. The van der Waals surface area contributed by atoms with E-state index in [2.05, 4.69) is 0 Å². The smallest absolute Gasteiger partial charge is 0.326 e. The Morgan fingerprint density at radius 3 is 2.11 bits per heavy atom. The first-order chi connectivity index (χ1) is 8.13. The molecule has 0 aliphatic carbocycles. The Bertz CT molecular complexity index is 412. The van der Waals surface area contributed by atoms with E-state index in [1.807, 2.05) is 0 Å². The third-order valence-electron chi connectivity index (χ3n) is 2.01. The van der Waals surface area contributed by atoms with Crippen molar-refractivity contribution < 1.29 is 26.3 Å². The minimum atomic E-state index is -4.58. The lowest BCUT2D eigenvalue weighted by molar-refractivity contribution is -0.137. The maximum absolute atomic E-state index is 12.4. The van der Waals surface area contributed by atoms with Crippen LogP contribution in [0.2, 0.25) is 0 Å². The molecule has 0 unspecified atom stereocenters. The average Bonchev–Trinajstić information content (AvgIpc) is 2.23. The van der Waals surface area contributed by atoms with Crippen LogP contribution in [0.3, 0.4) is 0 Å². The van der Waals surface area contributed by atoms with Crippen LogP contribution in [0.4, 0.5) is 26.3 Å². The number of rotatable bonds is 3. The number of nitrogens with two attached hydrogens (primary N) is 1. The van der Waals surface area contributed by atoms with E-state index in [1.165, 1.54) is 0 Å². The standard InChI is InChI=1S/C10H9F6NS/c11-9(12,13)5-18-8-3-7(10(14,15)16)2-1-6(8)4-17/h1-3H,4-5,17H2. The summed E-state index contributed by atoms with van der Waals surface area (Å²) in [6.07, 6.45) is -9.02. The van der Waals surface area contributed by atoms with E-state index in [1.54, 1.807) is 0 Å². The van der Waals surface area contributed by atoms with Gasteiger partial charge in [0.05, 0.1) is 11.3 Å². The summed E-state index contributed by atoms with van der Waals surface area (Å²) in [5, 5.41) is 0. The molecule has 8 heteroatoms. The summed E-state index contributed by atoms with van der Waals surface area (Å²) in [5.41, 5.74) is 4.55. The molecule has 0 aliphatic heterocycles. The van der Waals surface area contributed by atoms with Gasteiger partial charge >= 0.3 is 12.4 Å². The maximum Gasteiger partial charge on any atom is 0.416 e. The van der Waals surface area contributed by atoms with Gasteiger partial charge < -0.3 is 5.73 Å². The second kappa shape index (κ2) is 5.40. The zero-order valence-corrected chi connectivity index (χ0v) is 9.72. The Hall–Kier alpha value is -0.890. The number of hydrogen-bond acceptors (Lipinski definition) is 2. The monoisotopic (exact) mass is 289 g/mol. The van der Waals surface area contributed by atoms with Gasteiger partial charge in [-0.15, -0.1) is 11.8 Å². The van der Waals surface area contributed by atoms with E-state index >= 15 is 0 Å². The number of thioether (sulfide) groups is 1. The lowest BCUT2D eigenvalue weighted by Crippen LogP contribution is -2.12. The molecule has 0 saturated heterocycles. The number of benzene rings is 1. The van der Waals surface area contributed by atoms with Crippen molar-refractivity contribution in [3.05, 3.63) is 29.3 Å². The minimum Gasteiger partial charge on any atom is -0.326 e. The summed E-state index contributed by atoms with van der Waals surface area (Å²) in [7, 11) is 0. The SMILES string of the molecule is NCc1ccc(C(F)(F)F)cc1SCC(F)(F)F. The van der Waals surface area contributed by atoms with Gasteiger partial charge in [0, 0.05) is 11.4 Å². The van der Waals surface area contributed by atoms with Gasteiger partial charge in [0.1, 0.15) is 0 Å². The zero-order valence-electron chi connectivity index (χ0n) is 8.90. The molecule has 0 heterocycles. The van der Waals surface area contributed by atoms with Crippen LogP contribution in [0.1, 0.15) is 11.1 Å². The van der Waals surface area contributed by atoms with Gasteiger partial charge in [0.2, 0.25) is 0 Å². The van der Waals surface area contributed by atoms with Gasteiger partial charge in [0.15, 0.2) is 0 Å². The van der Waals surface area contributed by atoms with Crippen molar-refractivity contribution in [2.75, 3.05) is 5.75 Å². The Balaban J connectivity index is 3.00. The van der Waals surface area contributed by atoms with E-state index in [0.717, 1.165) is 12.1 Å². The van der Waals surface area contributed by atoms with Crippen molar-refractivity contribution in [2.24, 2.45) is 5.73 Å². The fourth-order valence-corrected chi connectivity index (χ4v) is 2.06. The molecule has 1 nitrogen and oxygen atoms in total. The molecule has 1 rings (SSSR count). The summed E-state index contributed by atoms with van der Waals surface area (Å²) in [6.45, 7) is -0.113. The van der Waals surface area contributed by atoms with Crippen molar-refractivity contribution >= 4 is 11.8 Å². The zero-order chi connectivity index (χ0) is 14.0. The van der Waals surface area contributed by atoms with Crippen LogP contribution in [0, 0.1) is 0 Å². The highest BCUT2D eigenvalue weighted by Crippen LogP contribution is 2.35. The molecule has 1 aromatic carbocycles. The Labute approximate surface area is 103 Å². The molecular weight excluding hydrogens is 280 g/mol. The second-order valence-electron chi connectivity index (χ2n) is 3.43. The molecular formula is C10H9F6NS. The van der Waals surface area contributed by atoms with Crippen molar-refractivity contribution in [1.82, 2.24) is 0 Å². The number of hydrogen-bond donors (Lipinski definition) is 1. The Morgan fingerprint density at radius 2 is 1.67 bits per heavy atom. The van der Waals surface area contributed by atoms with Crippen molar-refractivity contribution in [3.63, 3.8) is 0 Å². The highest BCUT2D eigenvalue weighted by molar-refractivity contribution is 7.99. The van der Waals surface area contributed by atoms with Crippen LogP contribution >= 0.6 is 11.8 Å². The summed E-state index contributed by atoms with van der Waals surface area (Å²) >= 11 is 0.304. The molecule has 0 radical (unpaired) electrons. The van der Waals surface area contributed by atoms with Gasteiger partial charge in [-0.25, -0.2) is 0 Å². The van der Waals surface area contributed by atoms with E-state index in [-0.39, 0.29) is 17.0 Å². The van der Waals surface area contributed by atoms with Crippen LogP contribution in [-0.2, 0) is 12.7 Å². The quantitative estimate of drug-likeness (QED) is 0.676. The van der Waals surface area contributed by atoms with Crippen LogP contribution in [0.5, 0.6) is 0 Å².